The number of nitrogens with one attached hydrogen (secondary N) is 1. The highest BCUT2D eigenvalue weighted by Crippen LogP contribution is 2.34. The molecule has 2 amide bonds. The number of hydrogen-bond acceptors (Lipinski definition) is 5. The Bertz CT molecular complexity index is 1100. The van der Waals surface area contributed by atoms with Gasteiger partial charge in [-0.25, -0.2) is 23.1 Å². The molecule has 7 nitrogen and oxygen atoms in total. The van der Waals surface area contributed by atoms with Crippen LogP contribution in [-0.2, 0) is 11.2 Å². The Labute approximate surface area is 190 Å². The fourth-order valence-corrected chi connectivity index (χ4v) is 4.67. The Balaban J connectivity index is 1.49. The van der Waals surface area contributed by atoms with Gasteiger partial charge < -0.3 is 15.1 Å². The van der Waals surface area contributed by atoms with Crippen molar-refractivity contribution in [3.63, 3.8) is 0 Å². The van der Waals surface area contributed by atoms with Crippen LogP contribution in [0, 0.1) is 36.2 Å². The van der Waals surface area contributed by atoms with Gasteiger partial charge in [0.05, 0.1) is 5.69 Å². The number of anilines is 2. The topological polar surface area (TPSA) is 78.4 Å². The number of likely N-dealkylation sites (N-methyl/N-ethyl adjacent to an activating group) is 1. The first-order chi connectivity index (χ1) is 15.6. The Kier molecular flexibility index (Phi) is 6.02. The number of carbonyl (C=O) groups excluding carboxylic acids is 2. The third kappa shape index (κ3) is 4.26. The molecule has 0 spiro atoms. The number of amides is 2. The lowest BCUT2D eigenvalue weighted by Crippen LogP contribution is -2.49. The van der Waals surface area contributed by atoms with Crippen molar-refractivity contribution in [2.45, 2.75) is 39.7 Å². The molecule has 1 saturated heterocycles. The minimum atomic E-state index is -1.59. The summed E-state index contributed by atoms with van der Waals surface area (Å²) in [6.45, 7) is 6.56. The van der Waals surface area contributed by atoms with Crippen LogP contribution in [-0.4, -0.2) is 52.9 Å². The van der Waals surface area contributed by atoms with E-state index < -0.39 is 23.4 Å². The van der Waals surface area contributed by atoms with Gasteiger partial charge in [-0.1, -0.05) is 13.8 Å². The summed E-state index contributed by atoms with van der Waals surface area (Å²) < 4.78 is 40.3. The third-order valence-corrected chi connectivity index (χ3v) is 6.29. The summed E-state index contributed by atoms with van der Waals surface area (Å²) >= 11 is 0. The summed E-state index contributed by atoms with van der Waals surface area (Å²) in [5, 5.41) is 2.92. The molecule has 4 rings (SSSR count). The molecule has 1 aromatic carbocycles. The van der Waals surface area contributed by atoms with Gasteiger partial charge in [-0.3, -0.25) is 9.59 Å². The predicted molar refractivity (Wildman–Crippen MR) is 116 cm³/mol. The van der Waals surface area contributed by atoms with Crippen LogP contribution in [0.1, 0.15) is 42.1 Å². The smallest absolute Gasteiger partial charge is 0.254 e. The van der Waals surface area contributed by atoms with Crippen molar-refractivity contribution in [2.24, 2.45) is 11.8 Å². The van der Waals surface area contributed by atoms with E-state index in [2.05, 4.69) is 10.3 Å². The zero-order chi connectivity index (χ0) is 24.0. The van der Waals surface area contributed by atoms with Gasteiger partial charge in [-0.05, 0) is 37.3 Å². The number of aryl methyl sites for hydroxylation is 1. The van der Waals surface area contributed by atoms with Crippen LogP contribution < -0.4 is 10.2 Å². The lowest BCUT2D eigenvalue weighted by Gasteiger charge is -2.37. The summed E-state index contributed by atoms with van der Waals surface area (Å²) in [5.41, 5.74) is 1.05. The molecule has 0 aliphatic carbocycles. The zero-order valence-electron chi connectivity index (χ0n) is 19.0. The standard InChI is InChI=1S/C23H26F3N5O2/c1-11(2)20-22(32)29-19-12(3)27-17(28-21(19)30(20)4)7-13-5-6-31(10-13)23(33)14-8-15(24)18(26)16(25)9-14/h8-9,11,13,20H,5-7,10H2,1-4H3,(H,29,32)/t13-,20-/m0/s1. The number of likely N-dealkylation sites (tertiary alicyclic amines) is 1. The molecule has 3 heterocycles. The molecule has 2 aliphatic rings. The molecular formula is C23H26F3N5O2. The molecule has 1 N–H and O–H groups in total. The van der Waals surface area contributed by atoms with Gasteiger partial charge in [0.2, 0.25) is 5.91 Å². The van der Waals surface area contributed by atoms with Crippen molar-refractivity contribution in [1.29, 1.82) is 0 Å². The fraction of sp³-hybridized carbons (Fsp3) is 0.478. The number of halogens is 3. The maximum absolute atomic E-state index is 13.5. The second-order valence-electron chi connectivity index (χ2n) is 9.08. The monoisotopic (exact) mass is 461 g/mol. The molecule has 2 aliphatic heterocycles. The molecule has 0 saturated carbocycles. The van der Waals surface area contributed by atoms with Gasteiger partial charge in [0, 0.05) is 32.1 Å². The number of benzene rings is 1. The van der Waals surface area contributed by atoms with E-state index in [1.54, 1.807) is 0 Å². The Morgan fingerprint density at radius 1 is 1.21 bits per heavy atom. The maximum atomic E-state index is 13.5. The minimum absolute atomic E-state index is 0.0610. The highest BCUT2D eigenvalue weighted by Gasteiger charge is 2.36. The molecule has 10 heteroatoms. The minimum Gasteiger partial charge on any atom is -0.346 e. The number of aromatic nitrogens is 2. The zero-order valence-corrected chi connectivity index (χ0v) is 19.0. The van der Waals surface area contributed by atoms with E-state index in [0.717, 1.165) is 12.1 Å². The van der Waals surface area contributed by atoms with E-state index in [4.69, 9.17) is 4.98 Å². The molecule has 0 radical (unpaired) electrons. The SMILES string of the molecule is Cc1nc(C[C@@H]2CCN(C(=O)c3cc(F)c(F)c(F)c3)C2)nc2c1NC(=O)[C@H](C(C)C)N2C. The van der Waals surface area contributed by atoms with Gasteiger partial charge in [-0.15, -0.1) is 0 Å². The van der Waals surface area contributed by atoms with Crippen LogP contribution in [0.4, 0.5) is 24.7 Å². The number of hydrogen-bond donors (Lipinski definition) is 1. The van der Waals surface area contributed by atoms with Gasteiger partial charge in [-0.2, -0.15) is 0 Å². The first kappa shape index (κ1) is 23.0. The molecule has 1 aromatic heterocycles. The second-order valence-corrected chi connectivity index (χ2v) is 9.08. The van der Waals surface area contributed by atoms with E-state index in [0.29, 0.717) is 49.0 Å². The molecular weight excluding hydrogens is 435 g/mol. The normalized spacial score (nSPS) is 20.3. The first-order valence-electron chi connectivity index (χ1n) is 10.9. The van der Waals surface area contributed by atoms with E-state index in [-0.39, 0.29) is 29.3 Å². The molecule has 0 bridgehead atoms. The fourth-order valence-electron chi connectivity index (χ4n) is 4.67. The summed E-state index contributed by atoms with van der Waals surface area (Å²) in [7, 11) is 1.84. The summed E-state index contributed by atoms with van der Waals surface area (Å²) in [5.74, 6) is -3.56. The van der Waals surface area contributed by atoms with Gasteiger partial charge in [0.1, 0.15) is 17.6 Å². The van der Waals surface area contributed by atoms with Crippen LogP contribution in [0.15, 0.2) is 12.1 Å². The van der Waals surface area contributed by atoms with Crippen LogP contribution in [0.3, 0.4) is 0 Å². The number of nitrogens with zero attached hydrogens (tertiary/aromatic N) is 4. The van der Waals surface area contributed by atoms with Crippen molar-refractivity contribution in [2.75, 3.05) is 30.4 Å². The Hall–Kier alpha value is -3.17. The van der Waals surface area contributed by atoms with Gasteiger partial charge >= 0.3 is 0 Å². The average molecular weight is 461 g/mol. The quantitative estimate of drug-likeness (QED) is 0.707. The Morgan fingerprint density at radius 3 is 2.52 bits per heavy atom. The summed E-state index contributed by atoms with van der Waals surface area (Å²) in [6.07, 6.45) is 1.19. The first-order valence-corrected chi connectivity index (χ1v) is 10.9. The maximum Gasteiger partial charge on any atom is 0.254 e. The van der Waals surface area contributed by atoms with Crippen LogP contribution in [0.2, 0.25) is 0 Å². The average Bonchev–Trinajstić information content (AvgIpc) is 3.20. The van der Waals surface area contributed by atoms with Crippen LogP contribution >= 0.6 is 0 Å². The van der Waals surface area contributed by atoms with Crippen molar-refractivity contribution >= 4 is 23.3 Å². The van der Waals surface area contributed by atoms with Crippen molar-refractivity contribution in [3.8, 4) is 0 Å². The van der Waals surface area contributed by atoms with E-state index in [1.165, 1.54) is 4.90 Å². The lowest BCUT2D eigenvalue weighted by molar-refractivity contribution is -0.118. The summed E-state index contributed by atoms with van der Waals surface area (Å²) in [4.78, 5) is 37.8. The van der Waals surface area contributed by atoms with Crippen molar-refractivity contribution < 1.29 is 22.8 Å². The predicted octanol–water partition coefficient (Wildman–Crippen LogP) is 3.32. The molecule has 33 heavy (non-hydrogen) atoms. The molecule has 2 aromatic rings. The van der Waals surface area contributed by atoms with Crippen LogP contribution in [0.5, 0.6) is 0 Å². The van der Waals surface area contributed by atoms with E-state index in [9.17, 15) is 22.8 Å². The van der Waals surface area contributed by atoms with Gasteiger partial charge in [0.15, 0.2) is 23.3 Å². The van der Waals surface area contributed by atoms with E-state index in [1.807, 2.05) is 32.7 Å². The third-order valence-electron chi connectivity index (χ3n) is 6.29. The van der Waals surface area contributed by atoms with Crippen LogP contribution in [0.25, 0.3) is 0 Å². The summed E-state index contributed by atoms with van der Waals surface area (Å²) in [6, 6.07) is 1.11. The molecule has 176 valence electrons. The van der Waals surface area contributed by atoms with Gasteiger partial charge in [0.25, 0.3) is 5.91 Å². The number of rotatable bonds is 4. The number of fused-ring (bicyclic) bond motifs is 1. The van der Waals surface area contributed by atoms with E-state index >= 15 is 0 Å². The second kappa shape index (κ2) is 8.64. The number of carbonyl (C=O) groups is 2. The largest absolute Gasteiger partial charge is 0.346 e. The van der Waals surface area contributed by atoms with Crippen molar-refractivity contribution in [3.05, 3.63) is 46.7 Å². The highest BCUT2D eigenvalue weighted by molar-refractivity contribution is 6.03. The molecule has 1 fully saturated rings. The molecule has 0 unspecified atom stereocenters. The Morgan fingerprint density at radius 2 is 1.88 bits per heavy atom. The lowest BCUT2D eigenvalue weighted by atomic mass is 9.99. The molecule has 2 atom stereocenters. The highest BCUT2D eigenvalue weighted by atomic mass is 19.2. The van der Waals surface area contributed by atoms with Crippen molar-refractivity contribution in [1.82, 2.24) is 14.9 Å².